The highest BCUT2D eigenvalue weighted by Gasteiger charge is 2.23. The number of esters is 1. The van der Waals surface area contributed by atoms with Gasteiger partial charge in [-0.15, -0.1) is 0 Å². The lowest BCUT2D eigenvalue weighted by Crippen LogP contribution is -2.25. The van der Waals surface area contributed by atoms with Crippen molar-refractivity contribution in [1.29, 1.82) is 5.26 Å². The van der Waals surface area contributed by atoms with Crippen LogP contribution in [0.15, 0.2) is 48.2 Å². The van der Waals surface area contributed by atoms with Crippen LogP contribution >= 0.6 is 0 Å². The third-order valence-electron chi connectivity index (χ3n) is 5.72. The zero-order valence-electron chi connectivity index (χ0n) is 18.4. The first-order valence-corrected chi connectivity index (χ1v) is 11.0. The first kappa shape index (κ1) is 22.8. The van der Waals surface area contributed by atoms with Crippen LogP contribution in [-0.2, 0) is 4.74 Å². The van der Waals surface area contributed by atoms with E-state index in [4.69, 9.17) is 4.74 Å². The lowest BCUT2D eigenvalue weighted by molar-refractivity contribution is -0.384. The maximum absolute atomic E-state index is 12.6. The number of ether oxygens (including phenoxy) is 1. The van der Waals surface area contributed by atoms with Gasteiger partial charge in [-0.3, -0.25) is 10.1 Å². The fourth-order valence-electron chi connectivity index (χ4n) is 3.99. The van der Waals surface area contributed by atoms with E-state index in [1.807, 2.05) is 11.0 Å². The van der Waals surface area contributed by atoms with Crippen molar-refractivity contribution in [3.63, 3.8) is 0 Å². The summed E-state index contributed by atoms with van der Waals surface area (Å²) in [5.41, 5.74) is 1.43. The number of H-pyrrole nitrogens is 1. The van der Waals surface area contributed by atoms with Crippen LogP contribution in [0.5, 0.6) is 0 Å². The highest BCUT2D eigenvalue weighted by Crippen LogP contribution is 2.31. The molecule has 1 aromatic heterocycles. The lowest BCUT2D eigenvalue weighted by atomic mass is 10.1. The molecule has 0 saturated carbocycles. The van der Waals surface area contributed by atoms with Gasteiger partial charge in [-0.1, -0.05) is 25.0 Å². The molecule has 34 heavy (non-hydrogen) atoms. The average Bonchev–Trinajstić information content (AvgIpc) is 3.07. The molecule has 0 radical (unpaired) electrons. The van der Waals surface area contributed by atoms with Gasteiger partial charge >= 0.3 is 5.97 Å². The van der Waals surface area contributed by atoms with Crippen LogP contribution in [0.25, 0.3) is 16.6 Å². The number of nitro groups is 1. The van der Waals surface area contributed by atoms with E-state index in [0.717, 1.165) is 38.8 Å². The number of carbonyl (C=O) groups is 1. The van der Waals surface area contributed by atoms with Crippen LogP contribution < -0.4 is 4.90 Å². The molecule has 0 amide bonds. The number of hydrogen-bond acceptors (Lipinski definition) is 8. The summed E-state index contributed by atoms with van der Waals surface area (Å²) in [4.78, 5) is 32.9. The number of nitrogens with one attached hydrogen (secondary N) is 1. The molecule has 0 unspecified atom stereocenters. The Labute approximate surface area is 195 Å². The Balaban J connectivity index is 1.52. The average molecular weight is 461 g/mol. The molecule has 2 N–H and O–H groups in total. The maximum Gasteiger partial charge on any atom is 0.338 e. The minimum absolute atomic E-state index is 0.0136. The number of allylic oxidation sites excluding steroid dienone is 1. The number of nitrogens with zero attached hydrogens (tertiary/aromatic N) is 4. The van der Waals surface area contributed by atoms with Gasteiger partial charge in [0.05, 0.1) is 21.5 Å². The summed E-state index contributed by atoms with van der Waals surface area (Å²) in [5, 5.41) is 31.5. The van der Waals surface area contributed by atoms with E-state index in [9.17, 15) is 25.3 Å². The molecule has 4 rings (SSSR count). The number of carbonyl (C=O) groups excluding carboxylic acids is 1. The van der Waals surface area contributed by atoms with Crippen molar-refractivity contribution in [2.45, 2.75) is 25.7 Å². The highest BCUT2D eigenvalue weighted by molar-refractivity contribution is 5.92. The number of aromatic amines is 1. The second-order valence-corrected chi connectivity index (χ2v) is 7.97. The Morgan fingerprint density at radius 2 is 1.94 bits per heavy atom. The second kappa shape index (κ2) is 10.0. The van der Waals surface area contributed by atoms with E-state index in [0.29, 0.717) is 16.7 Å². The number of aliphatic hydroxyl groups is 1. The van der Waals surface area contributed by atoms with Crippen LogP contribution in [0.1, 0.15) is 41.9 Å². The molecular weight excluding hydrogens is 438 g/mol. The molecular formula is C24H23N5O5. The predicted octanol–water partition coefficient (Wildman–Crippen LogP) is 4.50. The topological polar surface area (TPSA) is 145 Å². The van der Waals surface area contributed by atoms with Gasteiger partial charge in [-0.05, 0) is 37.1 Å². The van der Waals surface area contributed by atoms with E-state index >= 15 is 0 Å². The number of fused-ring (bicyclic) bond motifs is 1. The minimum Gasteiger partial charge on any atom is -0.507 e. The molecule has 0 aliphatic carbocycles. The molecule has 1 aliphatic rings. The summed E-state index contributed by atoms with van der Waals surface area (Å²) in [7, 11) is 0. The molecule has 1 saturated heterocycles. The number of aromatic nitrogens is 2. The standard InChI is InChI=1S/C24H23N5O5/c25-14-17(23-26-18-7-3-4-8-19(18)27-23)22(30)15-34-24(31)16-9-10-20(21(13-16)29(32)33)28-11-5-1-2-6-12-28/h3-4,7-10,13,30H,1-2,5-6,11-12,15H2,(H,26,27)/b22-17-. The van der Waals surface area contributed by atoms with Crippen molar-refractivity contribution in [3.8, 4) is 6.07 Å². The molecule has 2 heterocycles. The van der Waals surface area contributed by atoms with E-state index < -0.39 is 23.3 Å². The van der Waals surface area contributed by atoms with Gasteiger partial charge in [0.1, 0.15) is 23.9 Å². The van der Waals surface area contributed by atoms with Crippen LogP contribution in [-0.4, -0.2) is 45.7 Å². The van der Waals surface area contributed by atoms with Gasteiger partial charge in [-0.25, -0.2) is 9.78 Å². The van der Waals surface area contributed by atoms with Crippen molar-refractivity contribution in [1.82, 2.24) is 9.97 Å². The van der Waals surface area contributed by atoms with Crippen LogP contribution in [0.4, 0.5) is 11.4 Å². The van der Waals surface area contributed by atoms with Gasteiger partial charge in [0.2, 0.25) is 0 Å². The minimum atomic E-state index is -0.848. The fraction of sp³-hybridized carbons (Fsp3) is 0.292. The molecule has 174 valence electrons. The monoisotopic (exact) mass is 461 g/mol. The fourth-order valence-corrected chi connectivity index (χ4v) is 3.99. The Hall–Kier alpha value is -4.39. The molecule has 3 aromatic rings. The van der Waals surface area contributed by atoms with Gasteiger partial charge in [0.15, 0.2) is 11.6 Å². The predicted molar refractivity (Wildman–Crippen MR) is 125 cm³/mol. The van der Waals surface area contributed by atoms with E-state index in [2.05, 4.69) is 9.97 Å². The zero-order chi connectivity index (χ0) is 24.1. The number of imidazole rings is 1. The second-order valence-electron chi connectivity index (χ2n) is 7.97. The number of para-hydroxylation sites is 2. The summed E-state index contributed by atoms with van der Waals surface area (Å²) >= 11 is 0. The largest absolute Gasteiger partial charge is 0.507 e. The molecule has 1 fully saturated rings. The van der Waals surface area contributed by atoms with Crippen molar-refractivity contribution < 1.29 is 19.6 Å². The number of aliphatic hydroxyl groups excluding tert-OH is 1. The summed E-state index contributed by atoms with van der Waals surface area (Å²) < 4.78 is 5.13. The smallest absolute Gasteiger partial charge is 0.338 e. The first-order chi connectivity index (χ1) is 16.5. The molecule has 1 aliphatic heterocycles. The van der Waals surface area contributed by atoms with Gasteiger partial charge in [0, 0.05) is 19.2 Å². The molecule has 0 spiro atoms. The number of nitriles is 1. The van der Waals surface area contributed by atoms with Crippen LogP contribution in [0.3, 0.4) is 0 Å². The third-order valence-corrected chi connectivity index (χ3v) is 5.72. The quantitative estimate of drug-likeness (QED) is 0.179. The summed E-state index contributed by atoms with van der Waals surface area (Å²) in [6.07, 6.45) is 4.09. The highest BCUT2D eigenvalue weighted by atomic mass is 16.6. The van der Waals surface area contributed by atoms with Gasteiger partial charge in [0.25, 0.3) is 5.69 Å². The first-order valence-electron chi connectivity index (χ1n) is 11.0. The molecule has 0 atom stereocenters. The van der Waals surface area contributed by atoms with Crippen molar-refractivity contribution in [2.75, 3.05) is 24.6 Å². The normalized spacial score (nSPS) is 14.7. The Bertz CT molecular complexity index is 1270. The van der Waals surface area contributed by atoms with E-state index in [1.54, 1.807) is 30.3 Å². The maximum atomic E-state index is 12.6. The van der Waals surface area contributed by atoms with Crippen molar-refractivity contribution in [2.24, 2.45) is 0 Å². The summed E-state index contributed by atoms with van der Waals surface area (Å²) in [6, 6.07) is 13.2. The molecule has 10 heteroatoms. The Morgan fingerprint density at radius 3 is 2.62 bits per heavy atom. The number of nitro benzene ring substituents is 1. The molecule has 10 nitrogen and oxygen atoms in total. The van der Waals surface area contributed by atoms with E-state index in [1.165, 1.54) is 12.1 Å². The SMILES string of the molecule is N#C/C(=C(/O)COC(=O)c1ccc(N2CCCCCC2)c([N+](=O)[O-])c1)c1nc2ccccc2[nH]1. The van der Waals surface area contributed by atoms with Gasteiger partial charge in [-0.2, -0.15) is 5.26 Å². The lowest BCUT2D eigenvalue weighted by Gasteiger charge is -2.22. The number of hydrogen-bond donors (Lipinski definition) is 2. The van der Waals surface area contributed by atoms with Gasteiger partial charge < -0.3 is 19.7 Å². The Kier molecular flexibility index (Phi) is 6.73. The number of rotatable bonds is 6. The van der Waals surface area contributed by atoms with Crippen LogP contribution in [0, 0.1) is 21.4 Å². The number of benzene rings is 2. The Morgan fingerprint density at radius 1 is 1.21 bits per heavy atom. The zero-order valence-corrected chi connectivity index (χ0v) is 18.4. The molecule has 0 bridgehead atoms. The van der Waals surface area contributed by atoms with Crippen LogP contribution in [0.2, 0.25) is 0 Å². The number of anilines is 1. The third kappa shape index (κ3) is 4.83. The summed E-state index contributed by atoms with van der Waals surface area (Å²) in [5.74, 6) is -1.18. The molecule has 2 aromatic carbocycles. The summed E-state index contributed by atoms with van der Waals surface area (Å²) in [6.45, 7) is 0.866. The van der Waals surface area contributed by atoms with E-state index in [-0.39, 0.29) is 22.6 Å². The van der Waals surface area contributed by atoms with Crippen molar-refractivity contribution in [3.05, 3.63) is 69.7 Å². The van der Waals surface area contributed by atoms with Crippen molar-refractivity contribution >= 4 is 34.0 Å².